The third kappa shape index (κ3) is 1.48. The number of hydrogen-bond acceptors (Lipinski definition) is 4. The van der Waals surface area contributed by atoms with Crippen LogP contribution in [0.3, 0.4) is 0 Å². The van der Waals surface area contributed by atoms with Crippen LogP contribution in [0, 0.1) is 11.8 Å². The van der Waals surface area contributed by atoms with Gasteiger partial charge in [0.1, 0.15) is 0 Å². The molecule has 4 nitrogen and oxygen atoms in total. The molecule has 0 spiro atoms. The lowest BCUT2D eigenvalue weighted by atomic mass is 9.78. The fraction of sp³-hybridized carbons (Fsp3) is 1.00. The molecule has 76 valence electrons. The van der Waals surface area contributed by atoms with E-state index in [1.54, 1.807) is 0 Å². The Bertz CT molecular complexity index is 196. The Morgan fingerprint density at radius 3 is 1.92 bits per heavy atom. The van der Waals surface area contributed by atoms with Crippen molar-refractivity contribution in [2.75, 3.05) is 0 Å². The molecular weight excluding hydrogens is 172 g/mol. The van der Waals surface area contributed by atoms with Gasteiger partial charge in [-0.1, -0.05) is 0 Å². The van der Waals surface area contributed by atoms with Gasteiger partial charge in [-0.15, -0.1) is 0 Å². The molecule has 0 heterocycles. The molecule has 2 aliphatic carbocycles. The molecule has 2 fully saturated rings. The smallest absolute Gasteiger partial charge is 0.0830 e. The maximum absolute atomic E-state index is 9.55. The van der Waals surface area contributed by atoms with E-state index in [-0.39, 0.29) is 11.8 Å². The summed E-state index contributed by atoms with van der Waals surface area (Å²) in [5.74, 6) is 0.136. The Morgan fingerprint density at radius 1 is 0.692 bits per heavy atom. The van der Waals surface area contributed by atoms with E-state index in [0.717, 1.165) is 0 Å². The van der Waals surface area contributed by atoms with Crippen molar-refractivity contribution >= 4 is 0 Å². The van der Waals surface area contributed by atoms with Crippen molar-refractivity contribution in [1.29, 1.82) is 0 Å². The maximum atomic E-state index is 9.55. The molecule has 0 bridgehead atoms. The van der Waals surface area contributed by atoms with E-state index in [4.69, 9.17) is 0 Å². The predicted octanol–water partition coefficient (Wildman–Crippen LogP) is -1.14. The highest BCUT2D eigenvalue weighted by Gasteiger charge is 2.46. The van der Waals surface area contributed by atoms with Crippen LogP contribution in [0.2, 0.25) is 0 Å². The second-order valence-corrected chi connectivity index (χ2v) is 4.32. The fourth-order valence-electron chi connectivity index (χ4n) is 2.69. The Balaban J connectivity index is 2.08. The monoisotopic (exact) mass is 188 g/mol. The first kappa shape index (κ1) is 9.40. The largest absolute Gasteiger partial charge is 0.390 e. The predicted molar refractivity (Wildman–Crippen MR) is 44.9 cm³/mol. The van der Waals surface area contributed by atoms with Crippen molar-refractivity contribution in [3.8, 4) is 0 Å². The van der Waals surface area contributed by atoms with Crippen LogP contribution >= 0.6 is 0 Å². The molecule has 0 aromatic carbocycles. The third-order valence-corrected chi connectivity index (χ3v) is 3.48. The van der Waals surface area contributed by atoms with Crippen molar-refractivity contribution in [1.82, 2.24) is 0 Å². The molecule has 0 saturated heterocycles. The summed E-state index contributed by atoms with van der Waals surface area (Å²) in [6, 6.07) is 0. The highest BCUT2D eigenvalue weighted by Crippen LogP contribution is 2.42. The molecule has 6 atom stereocenters. The molecule has 2 saturated carbocycles. The van der Waals surface area contributed by atoms with Crippen LogP contribution < -0.4 is 0 Å². The molecule has 0 unspecified atom stereocenters. The molecule has 4 heteroatoms. The average molecular weight is 188 g/mol. The second kappa shape index (κ2) is 3.20. The molecule has 4 N–H and O–H groups in total. The van der Waals surface area contributed by atoms with E-state index >= 15 is 0 Å². The standard InChI is InChI=1S/C9H16O4/c10-6-1-4-2-8(12)9(13)5(4)3-7(6)11/h4-13H,1-3H2/t4-,5-,6+,7-,8-,9+/m0/s1. The Labute approximate surface area is 76.8 Å². The minimum absolute atomic E-state index is 0.0339. The van der Waals surface area contributed by atoms with Gasteiger partial charge in [0.25, 0.3) is 0 Å². The zero-order valence-electron chi connectivity index (χ0n) is 7.37. The summed E-state index contributed by atoms with van der Waals surface area (Å²) in [6.45, 7) is 0. The van der Waals surface area contributed by atoms with E-state index in [1.165, 1.54) is 0 Å². The topological polar surface area (TPSA) is 80.9 Å². The number of fused-ring (bicyclic) bond motifs is 1. The van der Waals surface area contributed by atoms with Gasteiger partial charge in [-0.2, -0.15) is 0 Å². The molecule has 2 aliphatic rings. The van der Waals surface area contributed by atoms with Crippen LogP contribution in [-0.2, 0) is 0 Å². The third-order valence-electron chi connectivity index (χ3n) is 3.48. The quantitative estimate of drug-likeness (QED) is 0.387. The van der Waals surface area contributed by atoms with Crippen LogP contribution in [0.15, 0.2) is 0 Å². The summed E-state index contributed by atoms with van der Waals surface area (Å²) in [5, 5.41) is 37.7. The first-order valence-electron chi connectivity index (χ1n) is 4.82. The zero-order valence-corrected chi connectivity index (χ0v) is 7.37. The highest BCUT2D eigenvalue weighted by molar-refractivity contribution is 4.97. The van der Waals surface area contributed by atoms with Crippen molar-refractivity contribution in [2.45, 2.75) is 43.7 Å². The van der Waals surface area contributed by atoms with Gasteiger partial charge in [-0.3, -0.25) is 0 Å². The number of aliphatic hydroxyl groups excluding tert-OH is 4. The van der Waals surface area contributed by atoms with E-state index < -0.39 is 24.4 Å². The van der Waals surface area contributed by atoms with Gasteiger partial charge in [0, 0.05) is 0 Å². The number of rotatable bonds is 0. The maximum Gasteiger partial charge on any atom is 0.0830 e. The SMILES string of the molecule is O[C@@H]1[C@H]2C[C@H](O)[C@H](O)C[C@H]2C[C@@H]1O. The summed E-state index contributed by atoms with van der Waals surface area (Å²) >= 11 is 0. The molecule has 13 heavy (non-hydrogen) atoms. The van der Waals surface area contributed by atoms with Gasteiger partial charge < -0.3 is 20.4 Å². The molecule has 0 aromatic heterocycles. The van der Waals surface area contributed by atoms with Crippen LogP contribution in [0.1, 0.15) is 19.3 Å². The summed E-state index contributed by atoms with van der Waals surface area (Å²) in [6.07, 6.45) is -1.35. The molecule has 0 aromatic rings. The summed E-state index contributed by atoms with van der Waals surface area (Å²) < 4.78 is 0. The lowest BCUT2D eigenvalue weighted by Gasteiger charge is -2.33. The molecule has 0 aliphatic heterocycles. The summed E-state index contributed by atoms with van der Waals surface area (Å²) in [5.41, 5.74) is 0. The highest BCUT2D eigenvalue weighted by atomic mass is 16.3. The second-order valence-electron chi connectivity index (χ2n) is 4.32. The van der Waals surface area contributed by atoms with Crippen LogP contribution in [0.25, 0.3) is 0 Å². The van der Waals surface area contributed by atoms with Crippen LogP contribution in [0.4, 0.5) is 0 Å². The Hall–Kier alpha value is -0.160. The lowest BCUT2D eigenvalue weighted by molar-refractivity contribution is -0.0630. The van der Waals surface area contributed by atoms with Crippen LogP contribution in [-0.4, -0.2) is 44.8 Å². The van der Waals surface area contributed by atoms with Gasteiger partial charge in [0.2, 0.25) is 0 Å². The van der Waals surface area contributed by atoms with E-state index in [2.05, 4.69) is 0 Å². The molecular formula is C9H16O4. The van der Waals surface area contributed by atoms with Crippen molar-refractivity contribution in [2.24, 2.45) is 11.8 Å². The lowest BCUT2D eigenvalue weighted by Crippen LogP contribution is -2.40. The summed E-state index contributed by atoms with van der Waals surface area (Å²) in [4.78, 5) is 0. The summed E-state index contributed by atoms with van der Waals surface area (Å²) in [7, 11) is 0. The van der Waals surface area contributed by atoms with Gasteiger partial charge in [0.05, 0.1) is 24.4 Å². The zero-order chi connectivity index (χ0) is 9.59. The van der Waals surface area contributed by atoms with E-state index in [9.17, 15) is 20.4 Å². The van der Waals surface area contributed by atoms with E-state index in [0.29, 0.717) is 19.3 Å². The van der Waals surface area contributed by atoms with Gasteiger partial charge >= 0.3 is 0 Å². The first-order valence-corrected chi connectivity index (χ1v) is 4.82. The van der Waals surface area contributed by atoms with Crippen molar-refractivity contribution < 1.29 is 20.4 Å². The van der Waals surface area contributed by atoms with Gasteiger partial charge in [0.15, 0.2) is 0 Å². The molecule has 2 rings (SSSR count). The Morgan fingerprint density at radius 2 is 1.23 bits per heavy atom. The fourth-order valence-corrected chi connectivity index (χ4v) is 2.69. The normalized spacial score (nSPS) is 56.3. The van der Waals surface area contributed by atoms with Crippen LogP contribution in [0.5, 0.6) is 0 Å². The molecule has 0 radical (unpaired) electrons. The number of aliphatic hydroxyl groups is 4. The first-order chi connectivity index (χ1) is 6.09. The Kier molecular flexibility index (Phi) is 2.32. The molecule has 0 amide bonds. The minimum atomic E-state index is -0.735. The van der Waals surface area contributed by atoms with E-state index in [1.807, 2.05) is 0 Å². The minimum Gasteiger partial charge on any atom is -0.390 e. The van der Waals surface area contributed by atoms with Crippen molar-refractivity contribution in [3.63, 3.8) is 0 Å². The number of hydrogen-bond donors (Lipinski definition) is 4. The van der Waals surface area contributed by atoms with Gasteiger partial charge in [-0.25, -0.2) is 0 Å². The average Bonchev–Trinajstić information content (AvgIpc) is 2.32. The van der Waals surface area contributed by atoms with Gasteiger partial charge in [-0.05, 0) is 31.1 Å². The van der Waals surface area contributed by atoms with Crippen molar-refractivity contribution in [3.05, 3.63) is 0 Å².